The molecule has 0 aliphatic carbocycles. The van der Waals surface area contributed by atoms with Gasteiger partial charge in [0.15, 0.2) is 0 Å². The Balaban J connectivity index is 2.80. The highest BCUT2D eigenvalue weighted by Gasteiger charge is 2.17. The summed E-state index contributed by atoms with van der Waals surface area (Å²) in [6.45, 7) is 0. The second-order valence-electron chi connectivity index (χ2n) is 3.70. The summed E-state index contributed by atoms with van der Waals surface area (Å²) in [6, 6.07) is 6.25. The van der Waals surface area contributed by atoms with Crippen molar-refractivity contribution in [3.8, 4) is 0 Å². The number of thioether (sulfide) groups is 1. The molecule has 1 rings (SSSR count). The van der Waals surface area contributed by atoms with Crippen LogP contribution in [0.15, 0.2) is 24.3 Å². The van der Waals surface area contributed by atoms with E-state index >= 15 is 0 Å². The summed E-state index contributed by atoms with van der Waals surface area (Å²) in [5, 5.41) is 12.1. The Labute approximate surface area is 115 Å². The van der Waals surface area contributed by atoms with Crippen LogP contribution in [0.5, 0.6) is 0 Å². The van der Waals surface area contributed by atoms with Crippen LogP contribution in [-0.2, 0) is 9.59 Å². The first kappa shape index (κ1) is 14.9. The van der Waals surface area contributed by atoms with Gasteiger partial charge in [0.1, 0.15) is 0 Å². The topological polar surface area (TPSA) is 66.4 Å². The molecule has 0 aliphatic rings. The van der Waals surface area contributed by atoms with E-state index in [1.165, 1.54) is 11.8 Å². The van der Waals surface area contributed by atoms with Gasteiger partial charge in [0.25, 0.3) is 0 Å². The van der Waals surface area contributed by atoms with E-state index in [9.17, 15) is 9.59 Å². The molecule has 0 fully saturated rings. The molecular formula is C12H14ClNO3S. The number of carbonyl (C=O) groups is 2. The van der Waals surface area contributed by atoms with E-state index in [1.54, 1.807) is 24.3 Å². The maximum Gasteiger partial charge on any atom is 0.305 e. The van der Waals surface area contributed by atoms with Gasteiger partial charge < -0.3 is 10.4 Å². The molecule has 0 saturated carbocycles. The van der Waals surface area contributed by atoms with Crippen molar-refractivity contribution in [2.45, 2.75) is 12.5 Å². The van der Waals surface area contributed by atoms with Crippen molar-refractivity contribution < 1.29 is 14.7 Å². The third-order valence-electron chi connectivity index (χ3n) is 2.26. The van der Waals surface area contributed by atoms with Gasteiger partial charge in [-0.15, -0.1) is 0 Å². The number of hydrogen-bond acceptors (Lipinski definition) is 3. The fourth-order valence-electron chi connectivity index (χ4n) is 1.49. The monoisotopic (exact) mass is 287 g/mol. The molecule has 0 bridgehead atoms. The molecule has 4 nitrogen and oxygen atoms in total. The maximum atomic E-state index is 11.5. The zero-order valence-corrected chi connectivity index (χ0v) is 11.4. The number of halogens is 1. The molecule has 1 atom stereocenters. The van der Waals surface area contributed by atoms with E-state index in [2.05, 4.69) is 5.32 Å². The summed E-state index contributed by atoms with van der Waals surface area (Å²) >= 11 is 7.16. The fraction of sp³-hybridized carbons (Fsp3) is 0.333. The van der Waals surface area contributed by atoms with Crippen molar-refractivity contribution in [1.82, 2.24) is 5.32 Å². The number of aliphatic carboxylic acids is 1. The first-order valence-electron chi connectivity index (χ1n) is 5.28. The minimum atomic E-state index is -0.959. The van der Waals surface area contributed by atoms with Gasteiger partial charge >= 0.3 is 5.97 Å². The Morgan fingerprint density at radius 2 is 2.00 bits per heavy atom. The summed E-state index contributed by atoms with van der Waals surface area (Å²) in [7, 11) is 0. The predicted molar refractivity (Wildman–Crippen MR) is 73.0 cm³/mol. The number of hydrogen-bond donors (Lipinski definition) is 2. The third-order valence-corrected chi connectivity index (χ3v) is 3.06. The van der Waals surface area contributed by atoms with E-state index in [1.807, 2.05) is 6.26 Å². The largest absolute Gasteiger partial charge is 0.481 e. The van der Waals surface area contributed by atoms with E-state index in [0.717, 1.165) is 5.56 Å². The van der Waals surface area contributed by atoms with Crippen LogP contribution in [0.25, 0.3) is 0 Å². The molecule has 0 aromatic heterocycles. The number of carboxylic acids is 1. The van der Waals surface area contributed by atoms with Crippen molar-refractivity contribution in [3.05, 3.63) is 34.9 Å². The lowest BCUT2D eigenvalue weighted by Gasteiger charge is -2.17. The Morgan fingerprint density at radius 3 is 2.50 bits per heavy atom. The Hall–Kier alpha value is -1.20. The molecule has 0 aliphatic heterocycles. The van der Waals surface area contributed by atoms with E-state index in [-0.39, 0.29) is 12.3 Å². The lowest BCUT2D eigenvalue weighted by Crippen LogP contribution is -2.31. The Bertz CT molecular complexity index is 422. The van der Waals surface area contributed by atoms with Gasteiger partial charge in [-0.25, -0.2) is 0 Å². The molecule has 0 saturated heterocycles. The second kappa shape index (κ2) is 7.28. The number of carbonyl (C=O) groups excluding carboxylic acids is 1. The van der Waals surface area contributed by atoms with Crippen molar-refractivity contribution >= 4 is 35.2 Å². The van der Waals surface area contributed by atoms with Crippen LogP contribution in [0.2, 0.25) is 5.02 Å². The summed E-state index contributed by atoms with van der Waals surface area (Å²) in [6.07, 6.45) is 1.66. The highest BCUT2D eigenvalue weighted by molar-refractivity contribution is 7.99. The van der Waals surface area contributed by atoms with Crippen molar-refractivity contribution in [1.29, 1.82) is 0 Å². The fourth-order valence-corrected chi connectivity index (χ4v) is 1.96. The molecule has 0 unspecified atom stereocenters. The highest BCUT2D eigenvalue weighted by Crippen LogP contribution is 2.19. The normalized spacial score (nSPS) is 11.9. The first-order valence-corrected chi connectivity index (χ1v) is 7.05. The van der Waals surface area contributed by atoms with Crippen LogP contribution in [0.1, 0.15) is 18.0 Å². The van der Waals surface area contributed by atoms with Crippen LogP contribution in [-0.4, -0.2) is 29.0 Å². The summed E-state index contributed by atoms with van der Waals surface area (Å²) in [4.78, 5) is 22.3. The van der Waals surface area contributed by atoms with Crippen LogP contribution < -0.4 is 5.32 Å². The molecule has 1 aromatic rings. The van der Waals surface area contributed by atoms with Gasteiger partial charge in [0, 0.05) is 5.02 Å². The van der Waals surface area contributed by atoms with Crippen LogP contribution in [0, 0.1) is 0 Å². The van der Waals surface area contributed by atoms with Crippen molar-refractivity contribution in [3.63, 3.8) is 0 Å². The zero-order chi connectivity index (χ0) is 13.5. The summed E-state index contributed by atoms with van der Waals surface area (Å²) < 4.78 is 0. The Morgan fingerprint density at radius 1 is 1.39 bits per heavy atom. The first-order chi connectivity index (χ1) is 8.52. The third kappa shape index (κ3) is 4.98. The number of rotatable bonds is 6. The maximum absolute atomic E-state index is 11.5. The van der Waals surface area contributed by atoms with Gasteiger partial charge in [-0.2, -0.15) is 11.8 Å². The van der Waals surface area contributed by atoms with Crippen LogP contribution in [0.3, 0.4) is 0 Å². The van der Waals surface area contributed by atoms with Crippen molar-refractivity contribution in [2.24, 2.45) is 0 Å². The molecule has 98 valence electrons. The molecule has 18 heavy (non-hydrogen) atoms. The molecular weight excluding hydrogens is 274 g/mol. The molecule has 2 N–H and O–H groups in total. The summed E-state index contributed by atoms with van der Waals surface area (Å²) in [5.74, 6) is -0.827. The second-order valence-corrected chi connectivity index (χ2v) is 5.00. The molecule has 1 aromatic carbocycles. The molecule has 6 heteroatoms. The quantitative estimate of drug-likeness (QED) is 0.843. The number of carboxylic acid groups (broad SMARTS) is 1. The number of amides is 1. The predicted octanol–water partition coefficient (Wildman–Crippen LogP) is 2.33. The SMILES string of the molecule is CSCC(=O)N[C@@H](CC(=O)O)c1ccc(Cl)cc1. The standard InChI is InChI=1S/C12H14ClNO3S/c1-18-7-11(15)14-10(6-12(16)17)8-2-4-9(13)5-3-8/h2-5,10H,6-7H2,1H3,(H,14,15)(H,16,17)/t10-/m0/s1. The minimum Gasteiger partial charge on any atom is -0.481 e. The Kier molecular flexibility index (Phi) is 6.01. The summed E-state index contributed by atoms with van der Waals surface area (Å²) in [5.41, 5.74) is 0.733. The average molecular weight is 288 g/mol. The number of nitrogens with one attached hydrogen (secondary N) is 1. The van der Waals surface area contributed by atoms with E-state index < -0.39 is 12.0 Å². The molecule has 0 radical (unpaired) electrons. The van der Waals surface area contributed by atoms with Crippen molar-refractivity contribution in [2.75, 3.05) is 12.0 Å². The van der Waals surface area contributed by atoms with Gasteiger partial charge in [0.2, 0.25) is 5.91 Å². The van der Waals surface area contributed by atoms with Gasteiger partial charge in [-0.1, -0.05) is 23.7 Å². The molecule has 0 spiro atoms. The highest BCUT2D eigenvalue weighted by atomic mass is 35.5. The van der Waals surface area contributed by atoms with Crippen LogP contribution >= 0.6 is 23.4 Å². The molecule has 0 heterocycles. The van der Waals surface area contributed by atoms with Gasteiger partial charge in [0.05, 0.1) is 18.2 Å². The van der Waals surface area contributed by atoms with Gasteiger partial charge in [-0.05, 0) is 24.0 Å². The van der Waals surface area contributed by atoms with Gasteiger partial charge in [-0.3, -0.25) is 9.59 Å². The zero-order valence-electron chi connectivity index (χ0n) is 9.85. The minimum absolute atomic E-state index is 0.151. The van der Waals surface area contributed by atoms with E-state index in [4.69, 9.17) is 16.7 Å². The smallest absolute Gasteiger partial charge is 0.305 e. The average Bonchev–Trinajstić information content (AvgIpc) is 2.28. The lowest BCUT2D eigenvalue weighted by atomic mass is 10.0. The number of benzene rings is 1. The van der Waals surface area contributed by atoms with Crippen LogP contribution in [0.4, 0.5) is 0 Å². The van der Waals surface area contributed by atoms with E-state index in [0.29, 0.717) is 10.8 Å². The lowest BCUT2D eigenvalue weighted by molar-refractivity contribution is -0.137. The molecule has 1 amide bonds.